The molecular weight excluding hydrogens is 334 g/mol. The summed E-state index contributed by atoms with van der Waals surface area (Å²) < 4.78 is 0. The van der Waals surface area contributed by atoms with E-state index >= 15 is 0 Å². The molecule has 0 unspecified atom stereocenters. The maximum absolute atomic E-state index is 13.3. The molecule has 0 saturated carbocycles. The standard InChI is InChI=1S/C19H29N3O4/c1-18(2,3)21-15(24)10-22-9-8-12(11-23)19(17(22)26)16(25)13-6-4-5-7-14(13)20-19/h12,20,23H,4-11H2,1-3H3,(H,21,24)/t12-,19-/m1/s1. The second kappa shape index (κ2) is 6.68. The molecule has 26 heavy (non-hydrogen) atoms. The molecule has 0 radical (unpaired) electrons. The van der Waals surface area contributed by atoms with Crippen LogP contribution in [-0.2, 0) is 14.4 Å². The van der Waals surface area contributed by atoms with E-state index in [1.54, 1.807) is 0 Å². The van der Waals surface area contributed by atoms with Gasteiger partial charge in [0.1, 0.15) is 0 Å². The molecule has 0 aromatic heterocycles. The summed E-state index contributed by atoms with van der Waals surface area (Å²) in [6, 6.07) is 0. The third-order valence-corrected chi connectivity index (χ3v) is 5.50. The van der Waals surface area contributed by atoms with Crippen molar-refractivity contribution in [3.05, 3.63) is 11.3 Å². The van der Waals surface area contributed by atoms with E-state index in [0.29, 0.717) is 25.0 Å². The van der Waals surface area contributed by atoms with Crippen LogP contribution in [0.3, 0.4) is 0 Å². The normalized spacial score (nSPS) is 29.1. The van der Waals surface area contributed by atoms with Gasteiger partial charge in [0.25, 0.3) is 5.91 Å². The number of hydrogen-bond acceptors (Lipinski definition) is 5. The first-order valence-electron chi connectivity index (χ1n) is 9.45. The Bertz CT molecular complexity index is 664. The number of allylic oxidation sites excluding steroid dienone is 1. The van der Waals surface area contributed by atoms with Crippen molar-refractivity contribution in [3.8, 4) is 0 Å². The lowest BCUT2D eigenvalue weighted by atomic mass is 9.74. The predicted molar refractivity (Wildman–Crippen MR) is 96.0 cm³/mol. The average molecular weight is 363 g/mol. The van der Waals surface area contributed by atoms with Gasteiger partial charge in [0, 0.05) is 35.9 Å². The summed E-state index contributed by atoms with van der Waals surface area (Å²) in [6.45, 7) is 5.70. The third kappa shape index (κ3) is 3.13. The van der Waals surface area contributed by atoms with Crippen molar-refractivity contribution in [3.63, 3.8) is 0 Å². The summed E-state index contributed by atoms with van der Waals surface area (Å²) in [5.41, 5.74) is -0.244. The minimum atomic E-state index is -1.43. The number of amides is 2. The van der Waals surface area contributed by atoms with Crippen molar-refractivity contribution < 1.29 is 19.5 Å². The Kier molecular flexibility index (Phi) is 4.86. The van der Waals surface area contributed by atoms with E-state index in [1.807, 2.05) is 20.8 Å². The van der Waals surface area contributed by atoms with Crippen molar-refractivity contribution in [1.82, 2.24) is 15.5 Å². The molecule has 1 fully saturated rings. The Morgan fingerprint density at radius 1 is 1.31 bits per heavy atom. The minimum Gasteiger partial charge on any atom is -0.396 e. The molecule has 0 aromatic carbocycles. The first-order valence-corrected chi connectivity index (χ1v) is 9.45. The smallest absolute Gasteiger partial charge is 0.257 e. The summed E-state index contributed by atoms with van der Waals surface area (Å²) in [5.74, 6) is -1.29. The fraction of sp³-hybridized carbons (Fsp3) is 0.737. The largest absolute Gasteiger partial charge is 0.396 e. The highest BCUT2D eigenvalue weighted by atomic mass is 16.3. The van der Waals surface area contributed by atoms with Crippen molar-refractivity contribution >= 4 is 17.6 Å². The molecule has 0 aromatic rings. The summed E-state index contributed by atoms with van der Waals surface area (Å²) in [5, 5.41) is 15.9. The molecule has 144 valence electrons. The summed E-state index contributed by atoms with van der Waals surface area (Å²) in [4.78, 5) is 40.2. The zero-order valence-electron chi connectivity index (χ0n) is 15.9. The molecular formula is C19H29N3O4. The van der Waals surface area contributed by atoms with Crippen LogP contribution in [0.4, 0.5) is 0 Å². The zero-order valence-corrected chi connectivity index (χ0v) is 15.9. The average Bonchev–Trinajstić information content (AvgIpc) is 2.85. The van der Waals surface area contributed by atoms with Gasteiger partial charge in [-0.3, -0.25) is 14.4 Å². The monoisotopic (exact) mass is 363 g/mol. The van der Waals surface area contributed by atoms with Gasteiger partial charge in [0.2, 0.25) is 5.91 Å². The Morgan fingerprint density at radius 3 is 2.62 bits per heavy atom. The maximum atomic E-state index is 13.3. The number of nitrogens with one attached hydrogen (secondary N) is 2. The van der Waals surface area contributed by atoms with E-state index in [1.165, 1.54) is 4.90 Å². The van der Waals surface area contributed by atoms with Crippen LogP contribution >= 0.6 is 0 Å². The number of rotatable bonds is 3. The van der Waals surface area contributed by atoms with Gasteiger partial charge in [-0.15, -0.1) is 0 Å². The van der Waals surface area contributed by atoms with E-state index in [4.69, 9.17) is 0 Å². The van der Waals surface area contributed by atoms with Gasteiger partial charge >= 0.3 is 0 Å². The van der Waals surface area contributed by atoms with Gasteiger partial charge in [-0.05, 0) is 52.9 Å². The Balaban J connectivity index is 1.83. The molecule has 3 aliphatic rings. The van der Waals surface area contributed by atoms with Gasteiger partial charge in [-0.25, -0.2) is 0 Å². The van der Waals surface area contributed by atoms with Crippen LogP contribution in [0, 0.1) is 5.92 Å². The maximum Gasteiger partial charge on any atom is 0.257 e. The van der Waals surface area contributed by atoms with Crippen LogP contribution in [0.15, 0.2) is 11.3 Å². The highest BCUT2D eigenvalue weighted by Crippen LogP contribution is 2.41. The highest BCUT2D eigenvalue weighted by molar-refractivity contribution is 6.21. The fourth-order valence-electron chi connectivity index (χ4n) is 4.33. The second-order valence-electron chi connectivity index (χ2n) is 8.62. The summed E-state index contributed by atoms with van der Waals surface area (Å²) >= 11 is 0. The highest BCUT2D eigenvalue weighted by Gasteiger charge is 2.60. The lowest BCUT2D eigenvalue weighted by molar-refractivity contribution is -0.153. The first-order chi connectivity index (χ1) is 12.2. The molecule has 2 atom stereocenters. The molecule has 3 N–H and O–H groups in total. The van der Waals surface area contributed by atoms with E-state index in [9.17, 15) is 19.5 Å². The number of Topliss-reactive ketones (excluding diaryl/α,β-unsaturated/α-hetero) is 1. The Labute approximate surface area is 154 Å². The van der Waals surface area contributed by atoms with Crippen LogP contribution < -0.4 is 10.6 Å². The van der Waals surface area contributed by atoms with Gasteiger partial charge in [0.15, 0.2) is 11.3 Å². The number of likely N-dealkylation sites (tertiary alicyclic amines) is 1. The number of ketones is 1. The number of nitrogens with zero attached hydrogens (tertiary/aromatic N) is 1. The quantitative estimate of drug-likeness (QED) is 0.634. The second-order valence-corrected chi connectivity index (χ2v) is 8.62. The molecule has 7 nitrogen and oxygen atoms in total. The van der Waals surface area contributed by atoms with E-state index in [2.05, 4.69) is 10.6 Å². The Hall–Kier alpha value is -1.89. The number of piperidine rings is 1. The van der Waals surface area contributed by atoms with Crippen molar-refractivity contribution in [2.45, 2.75) is 64.0 Å². The van der Waals surface area contributed by atoms with Gasteiger partial charge in [0.05, 0.1) is 6.54 Å². The Morgan fingerprint density at radius 2 is 2.00 bits per heavy atom. The molecule has 7 heteroatoms. The molecule has 0 bridgehead atoms. The van der Waals surface area contributed by atoms with Crippen molar-refractivity contribution in [1.29, 1.82) is 0 Å². The van der Waals surface area contributed by atoms with E-state index in [0.717, 1.165) is 25.0 Å². The van der Waals surface area contributed by atoms with Crippen LogP contribution in [0.2, 0.25) is 0 Å². The number of carbonyl (C=O) groups is 3. The van der Waals surface area contributed by atoms with Crippen molar-refractivity contribution in [2.75, 3.05) is 19.7 Å². The van der Waals surface area contributed by atoms with Crippen LogP contribution in [0.1, 0.15) is 52.9 Å². The van der Waals surface area contributed by atoms with Gasteiger partial charge in [-0.1, -0.05) is 0 Å². The van der Waals surface area contributed by atoms with Crippen molar-refractivity contribution in [2.24, 2.45) is 5.92 Å². The minimum absolute atomic E-state index is 0.0738. The predicted octanol–water partition coefficient (Wildman–Crippen LogP) is 0.481. The summed E-state index contributed by atoms with van der Waals surface area (Å²) in [6.07, 6.45) is 3.87. The number of carbonyl (C=O) groups excluding carboxylic acids is 3. The van der Waals surface area contributed by atoms with Crippen LogP contribution in [0.25, 0.3) is 0 Å². The topological polar surface area (TPSA) is 98.7 Å². The number of aliphatic hydroxyl groups excluding tert-OH is 1. The molecule has 3 rings (SSSR count). The molecule has 1 saturated heterocycles. The van der Waals surface area contributed by atoms with E-state index in [-0.39, 0.29) is 36.3 Å². The number of aliphatic hydroxyl groups is 1. The zero-order chi connectivity index (χ0) is 19.1. The first kappa shape index (κ1) is 18.9. The van der Waals surface area contributed by atoms with E-state index < -0.39 is 11.5 Å². The SMILES string of the molecule is CC(C)(C)NC(=O)CN1CC[C@H](CO)[C@]2(NC3=C(CCCC3)C2=O)C1=O. The molecule has 1 aliphatic carbocycles. The third-order valence-electron chi connectivity index (χ3n) is 5.50. The summed E-state index contributed by atoms with van der Waals surface area (Å²) in [7, 11) is 0. The number of hydrogen-bond donors (Lipinski definition) is 3. The van der Waals surface area contributed by atoms with Crippen LogP contribution in [0.5, 0.6) is 0 Å². The van der Waals surface area contributed by atoms with Gasteiger partial charge in [-0.2, -0.15) is 0 Å². The lowest BCUT2D eigenvalue weighted by Crippen LogP contribution is -2.69. The fourth-order valence-corrected chi connectivity index (χ4v) is 4.33. The molecule has 1 spiro atoms. The molecule has 2 heterocycles. The van der Waals surface area contributed by atoms with Gasteiger partial charge < -0.3 is 20.6 Å². The molecule has 2 aliphatic heterocycles. The lowest BCUT2D eigenvalue weighted by Gasteiger charge is -2.44. The van der Waals surface area contributed by atoms with Crippen LogP contribution in [-0.4, -0.2) is 58.4 Å². The molecule has 2 amide bonds.